The van der Waals surface area contributed by atoms with E-state index in [1.807, 2.05) is 0 Å². The minimum absolute atomic E-state index is 0.420. The SMILES string of the molecule is CC1(C)CC1C(=NC1CCCC1)NN. The number of aliphatic imine (C=N–C) groups is 1. The molecular formula is C11H21N3. The molecule has 0 saturated heterocycles. The second-order valence-corrected chi connectivity index (χ2v) is 5.34. The van der Waals surface area contributed by atoms with E-state index in [2.05, 4.69) is 19.3 Å². The zero-order valence-electron chi connectivity index (χ0n) is 9.21. The predicted octanol–water partition coefficient (Wildman–Crippen LogP) is 1.84. The van der Waals surface area contributed by atoms with Gasteiger partial charge in [0.15, 0.2) is 0 Å². The molecule has 14 heavy (non-hydrogen) atoms. The maximum atomic E-state index is 5.53. The van der Waals surface area contributed by atoms with E-state index in [0.29, 0.717) is 17.4 Å². The second kappa shape index (κ2) is 3.54. The number of hydrogen-bond donors (Lipinski definition) is 2. The van der Waals surface area contributed by atoms with Crippen molar-refractivity contribution in [3.05, 3.63) is 0 Å². The Morgan fingerprint density at radius 3 is 2.36 bits per heavy atom. The lowest BCUT2D eigenvalue weighted by Gasteiger charge is -2.10. The molecule has 3 heteroatoms. The van der Waals surface area contributed by atoms with Gasteiger partial charge in [-0.25, -0.2) is 5.84 Å². The monoisotopic (exact) mass is 195 g/mol. The maximum absolute atomic E-state index is 5.53. The summed E-state index contributed by atoms with van der Waals surface area (Å²) in [6.07, 6.45) is 6.39. The summed E-state index contributed by atoms with van der Waals surface area (Å²) in [5, 5.41) is 0. The molecule has 0 aromatic carbocycles. The standard InChI is InChI=1S/C11H21N3/c1-11(2)7-9(11)10(14-12)13-8-5-3-4-6-8/h8-9H,3-7,12H2,1-2H3,(H,13,14). The Morgan fingerprint density at radius 1 is 1.36 bits per heavy atom. The van der Waals surface area contributed by atoms with Crippen LogP contribution in [0.3, 0.4) is 0 Å². The molecule has 2 rings (SSSR count). The van der Waals surface area contributed by atoms with E-state index in [9.17, 15) is 0 Å². The van der Waals surface area contributed by atoms with Crippen LogP contribution >= 0.6 is 0 Å². The lowest BCUT2D eigenvalue weighted by atomic mass is 10.1. The Labute approximate surface area is 86.1 Å². The van der Waals surface area contributed by atoms with Gasteiger partial charge in [0, 0.05) is 5.92 Å². The average Bonchev–Trinajstić information content (AvgIpc) is 2.62. The van der Waals surface area contributed by atoms with E-state index >= 15 is 0 Å². The molecule has 2 saturated carbocycles. The summed E-state index contributed by atoms with van der Waals surface area (Å²) in [4.78, 5) is 4.73. The zero-order chi connectivity index (χ0) is 10.2. The van der Waals surface area contributed by atoms with Gasteiger partial charge in [0.25, 0.3) is 0 Å². The molecule has 0 aromatic rings. The molecule has 3 nitrogen and oxygen atoms in total. The van der Waals surface area contributed by atoms with Crippen LogP contribution < -0.4 is 11.3 Å². The van der Waals surface area contributed by atoms with E-state index in [1.165, 1.54) is 32.1 Å². The quantitative estimate of drug-likeness (QED) is 0.306. The van der Waals surface area contributed by atoms with Crippen molar-refractivity contribution < 1.29 is 0 Å². The molecule has 0 aromatic heterocycles. The van der Waals surface area contributed by atoms with Crippen molar-refractivity contribution in [3.8, 4) is 0 Å². The van der Waals surface area contributed by atoms with E-state index in [1.54, 1.807) is 0 Å². The first kappa shape index (κ1) is 9.97. The molecule has 80 valence electrons. The molecule has 2 aliphatic carbocycles. The third-order valence-corrected chi connectivity index (χ3v) is 3.64. The fourth-order valence-electron chi connectivity index (χ4n) is 2.39. The summed E-state index contributed by atoms with van der Waals surface area (Å²) in [6, 6.07) is 0.539. The first-order chi connectivity index (χ1) is 6.63. The number of nitrogens with one attached hydrogen (secondary N) is 1. The lowest BCUT2D eigenvalue weighted by molar-refractivity contribution is 0.607. The van der Waals surface area contributed by atoms with Gasteiger partial charge in [-0.2, -0.15) is 0 Å². The highest BCUT2D eigenvalue weighted by Crippen LogP contribution is 2.52. The number of nitrogens with two attached hydrogens (primary N) is 1. The van der Waals surface area contributed by atoms with Crippen molar-refractivity contribution in [1.29, 1.82) is 0 Å². The molecule has 1 unspecified atom stereocenters. The van der Waals surface area contributed by atoms with Crippen LogP contribution in [0, 0.1) is 11.3 Å². The van der Waals surface area contributed by atoms with Crippen LogP contribution in [0.1, 0.15) is 46.0 Å². The average molecular weight is 195 g/mol. The highest BCUT2D eigenvalue weighted by molar-refractivity contribution is 5.87. The van der Waals surface area contributed by atoms with Gasteiger partial charge >= 0.3 is 0 Å². The van der Waals surface area contributed by atoms with Gasteiger partial charge < -0.3 is 5.43 Å². The summed E-state index contributed by atoms with van der Waals surface area (Å²) in [6.45, 7) is 4.55. The molecule has 0 amide bonds. The van der Waals surface area contributed by atoms with Crippen LogP contribution in [0.4, 0.5) is 0 Å². The van der Waals surface area contributed by atoms with Crippen molar-refractivity contribution >= 4 is 5.84 Å². The van der Waals surface area contributed by atoms with Gasteiger partial charge in [0.2, 0.25) is 0 Å². The summed E-state index contributed by atoms with van der Waals surface area (Å²) in [5.74, 6) is 7.15. The number of nitrogens with zero attached hydrogens (tertiary/aromatic N) is 1. The molecule has 1 atom stereocenters. The molecule has 2 fully saturated rings. The van der Waals surface area contributed by atoms with Gasteiger partial charge in [-0.3, -0.25) is 4.99 Å². The highest BCUT2D eigenvalue weighted by Gasteiger charge is 2.49. The first-order valence-electron chi connectivity index (χ1n) is 5.68. The summed E-state index contributed by atoms with van der Waals surface area (Å²) in [7, 11) is 0. The maximum Gasteiger partial charge on any atom is 0.114 e. The predicted molar refractivity (Wildman–Crippen MR) is 58.9 cm³/mol. The third kappa shape index (κ3) is 1.92. The van der Waals surface area contributed by atoms with Crippen LogP contribution in [0.5, 0.6) is 0 Å². The van der Waals surface area contributed by atoms with Gasteiger partial charge in [-0.05, 0) is 24.7 Å². The highest BCUT2D eigenvalue weighted by atomic mass is 15.3. The van der Waals surface area contributed by atoms with Gasteiger partial charge in [-0.1, -0.05) is 26.7 Å². The van der Waals surface area contributed by atoms with Crippen LogP contribution in [0.15, 0.2) is 4.99 Å². The molecule has 0 bridgehead atoms. The molecule has 0 radical (unpaired) electrons. The van der Waals surface area contributed by atoms with Crippen LogP contribution in [0.2, 0.25) is 0 Å². The zero-order valence-corrected chi connectivity index (χ0v) is 9.21. The largest absolute Gasteiger partial charge is 0.312 e. The van der Waals surface area contributed by atoms with Crippen LogP contribution in [-0.2, 0) is 0 Å². The fourth-order valence-corrected chi connectivity index (χ4v) is 2.39. The van der Waals surface area contributed by atoms with E-state index in [0.717, 1.165) is 5.84 Å². The van der Waals surface area contributed by atoms with E-state index < -0.39 is 0 Å². The Balaban J connectivity index is 1.98. The molecule has 0 aliphatic heterocycles. The van der Waals surface area contributed by atoms with Crippen molar-refractivity contribution in [2.75, 3.05) is 0 Å². The number of hydrogen-bond acceptors (Lipinski definition) is 2. The number of hydrazine groups is 1. The van der Waals surface area contributed by atoms with Gasteiger partial charge in [0.1, 0.15) is 5.84 Å². The van der Waals surface area contributed by atoms with Crippen molar-refractivity contribution in [2.45, 2.75) is 52.0 Å². The van der Waals surface area contributed by atoms with Gasteiger partial charge in [-0.15, -0.1) is 0 Å². The molecule has 0 heterocycles. The normalized spacial score (nSPS) is 31.9. The van der Waals surface area contributed by atoms with Crippen molar-refractivity contribution in [2.24, 2.45) is 22.2 Å². The number of amidine groups is 1. The summed E-state index contributed by atoms with van der Waals surface area (Å²) in [5.41, 5.74) is 3.22. The summed E-state index contributed by atoms with van der Waals surface area (Å²) >= 11 is 0. The van der Waals surface area contributed by atoms with Crippen molar-refractivity contribution in [3.63, 3.8) is 0 Å². The molecule has 0 spiro atoms. The minimum atomic E-state index is 0.420. The van der Waals surface area contributed by atoms with Gasteiger partial charge in [0.05, 0.1) is 6.04 Å². The van der Waals surface area contributed by atoms with Crippen molar-refractivity contribution in [1.82, 2.24) is 5.43 Å². The summed E-state index contributed by atoms with van der Waals surface area (Å²) < 4.78 is 0. The van der Waals surface area contributed by atoms with E-state index in [-0.39, 0.29) is 0 Å². The third-order valence-electron chi connectivity index (χ3n) is 3.64. The first-order valence-corrected chi connectivity index (χ1v) is 5.68. The van der Waals surface area contributed by atoms with E-state index in [4.69, 9.17) is 10.8 Å². The Kier molecular flexibility index (Phi) is 2.52. The fraction of sp³-hybridized carbons (Fsp3) is 0.909. The Hall–Kier alpha value is -0.570. The number of rotatable bonds is 2. The molecular weight excluding hydrogens is 174 g/mol. The lowest BCUT2D eigenvalue weighted by Crippen LogP contribution is -2.34. The topological polar surface area (TPSA) is 50.4 Å². The minimum Gasteiger partial charge on any atom is -0.312 e. The van der Waals surface area contributed by atoms with Crippen LogP contribution in [-0.4, -0.2) is 11.9 Å². The second-order valence-electron chi connectivity index (χ2n) is 5.34. The molecule has 2 aliphatic rings. The Morgan fingerprint density at radius 2 is 1.93 bits per heavy atom. The Bertz CT molecular complexity index is 239. The molecule has 3 N–H and O–H groups in total. The smallest absolute Gasteiger partial charge is 0.114 e. The van der Waals surface area contributed by atoms with Crippen LogP contribution in [0.25, 0.3) is 0 Å².